The highest BCUT2D eigenvalue weighted by Crippen LogP contribution is 2.19. The lowest BCUT2D eigenvalue weighted by Crippen LogP contribution is -2.20. The molecule has 0 heterocycles. The Labute approximate surface area is 161 Å². The molecule has 0 unspecified atom stereocenters. The number of benzene rings is 2. The van der Waals surface area contributed by atoms with Crippen molar-refractivity contribution < 1.29 is 27.7 Å². The van der Waals surface area contributed by atoms with E-state index in [9.17, 15) is 28.1 Å². The van der Waals surface area contributed by atoms with Crippen molar-refractivity contribution in [3.05, 3.63) is 80.7 Å². The molecule has 28 heavy (non-hydrogen) atoms. The van der Waals surface area contributed by atoms with Crippen LogP contribution in [0.4, 0.5) is 5.69 Å². The fraction of sp³-hybridized carbons (Fsp3) is 0.158. The van der Waals surface area contributed by atoms with Crippen LogP contribution in [0.15, 0.2) is 59.5 Å². The van der Waals surface area contributed by atoms with Gasteiger partial charge >= 0.3 is 5.97 Å². The fourth-order valence-corrected chi connectivity index (χ4v) is 3.58. The molecular weight excluding hydrogens is 386 g/mol. The number of Topliss-reactive ketones (excluding diaryl/α,β-unsaturated/α-hetero) is 1. The number of hydrogen-bond donors (Lipinski definition) is 0. The van der Waals surface area contributed by atoms with E-state index in [4.69, 9.17) is 4.74 Å². The van der Waals surface area contributed by atoms with Gasteiger partial charge in [0.05, 0.1) is 16.2 Å². The van der Waals surface area contributed by atoms with Crippen LogP contribution in [0.1, 0.15) is 22.8 Å². The molecule has 0 spiro atoms. The zero-order chi connectivity index (χ0) is 20.7. The molecule has 9 heteroatoms. The van der Waals surface area contributed by atoms with Crippen LogP contribution in [0.25, 0.3) is 6.08 Å². The van der Waals surface area contributed by atoms with Crippen molar-refractivity contribution in [2.75, 3.05) is 12.4 Å². The van der Waals surface area contributed by atoms with Gasteiger partial charge in [-0.15, -0.1) is 0 Å². The predicted octanol–water partition coefficient (Wildman–Crippen LogP) is 2.80. The van der Waals surface area contributed by atoms with Crippen molar-refractivity contribution in [3.8, 4) is 0 Å². The Morgan fingerprint density at radius 1 is 1.11 bits per heavy atom. The summed E-state index contributed by atoms with van der Waals surface area (Å²) in [5, 5.41) is 10.8. The number of nitro groups is 1. The highest BCUT2D eigenvalue weighted by atomic mass is 32.2. The van der Waals surface area contributed by atoms with Gasteiger partial charge in [-0.05, 0) is 30.7 Å². The van der Waals surface area contributed by atoms with Gasteiger partial charge < -0.3 is 4.74 Å². The molecule has 2 aromatic rings. The Balaban J connectivity index is 2.15. The Morgan fingerprint density at radius 3 is 2.39 bits per heavy atom. The van der Waals surface area contributed by atoms with Crippen molar-refractivity contribution in [2.24, 2.45) is 0 Å². The first kappa shape index (κ1) is 21.0. The SMILES string of the molecule is CC(=O)C(=Cc1cccc([N+](=O)[O-])c1)S(=O)(=O)CCOC(=O)c1ccccc1. The Morgan fingerprint density at radius 2 is 1.79 bits per heavy atom. The number of sulfone groups is 1. The van der Waals surface area contributed by atoms with Crippen LogP contribution in [0, 0.1) is 10.1 Å². The molecule has 8 nitrogen and oxygen atoms in total. The van der Waals surface area contributed by atoms with Crippen LogP contribution in [0.3, 0.4) is 0 Å². The van der Waals surface area contributed by atoms with Gasteiger partial charge in [-0.2, -0.15) is 0 Å². The smallest absolute Gasteiger partial charge is 0.338 e. The highest BCUT2D eigenvalue weighted by molar-refractivity contribution is 7.96. The van der Waals surface area contributed by atoms with E-state index in [2.05, 4.69) is 0 Å². The molecule has 2 rings (SSSR count). The molecule has 0 bridgehead atoms. The molecule has 0 fully saturated rings. The Bertz CT molecular complexity index is 1030. The standard InChI is InChI=1S/C19H17NO7S/c1-14(21)18(13-15-6-5-9-17(12-15)20(23)24)28(25,26)11-10-27-19(22)16-7-3-2-4-8-16/h2-9,12-13H,10-11H2,1H3. The quantitative estimate of drug-likeness (QED) is 0.287. The molecule has 0 radical (unpaired) electrons. The van der Waals surface area contributed by atoms with E-state index in [0.717, 1.165) is 19.1 Å². The van der Waals surface area contributed by atoms with E-state index in [1.165, 1.54) is 30.3 Å². The number of non-ortho nitro benzene ring substituents is 1. The maximum Gasteiger partial charge on any atom is 0.338 e. The number of ketones is 1. The van der Waals surface area contributed by atoms with Gasteiger partial charge in [-0.3, -0.25) is 14.9 Å². The summed E-state index contributed by atoms with van der Waals surface area (Å²) in [7, 11) is -4.07. The minimum Gasteiger partial charge on any atom is -0.461 e. The summed E-state index contributed by atoms with van der Waals surface area (Å²) in [5.74, 6) is -1.99. The van der Waals surface area contributed by atoms with Crippen LogP contribution >= 0.6 is 0 Å². The molecule has 146 valence electrons. The third kappa shape index (κ3) is 5.58. The summed E-state index contributed by atoms with van der Waals surface area (Å²) in [4.78, 5) is 33.4. The second-order valence-corrected chi connectivity index (χ2v) is 7.82. The molecule has 0 aliphatic heterocycles. The van der Waals surface area contributed by atoms with Gasteiger partial charge in [0.2, 0.25) is 0 Å². The third-order valence-electron chi connectivity index (χ3n) is 3.66. The lowest BCUT2D eigenvalue weighted by atomic mass is 10.2. The number of allylic oxidation sites excluding steroid dienone is 1. The number of rotatable bonds is 8. The van der Waals surface area contributed by atoms with Gasteiger partial charge in [-0.25, -0.2) is 13.2 Å². The molecular formula is C19H17NO7S. The maximum absolute atomic E-state index is 12.5. The monoisotopic (exact) mass is 403 g/mol. The number of carbonyl (C=O) groups is 2. The molecule has 0 saturated heterocycles. The molecule has 0 N–H and O–H groups in total. The van der Waals surface area contributed by atoms with Gasteiger partial charge in [-0.1, -0.05) is 30.3 Å². The summed E-state index contributed by atoms with van der Waals surface area (Å²) < 4.78 is 29.9. The molecule has 2 aromatic carbocycles. The minimum absolute atomic E-state index is 0.198. The van der Waals surface area contributed by atoms with Crippen molar-refractivity contribution in [1.82, 2.24) is 0 Å². The molecule has 0 aliphatic carbocycles. The average Bonchev–Trinajstić information content (AvgIpc) is 2.66. The van der Waals surface area contributed by atoms with Crippen LogP contribution in [0.5, 0.6) is 0 Å². The largest absolute Gasteiger partial charge is 0.461 e. The number of nitrogens with zero attached hydrogens (tertiary/aromatic N) is 1. The number of ether oxygens (including phenoxy) is 1. The van der Waals surface area contributed by atoms with Crippen LogP contribution < -0.4 is 0 Å². The van der Waals surface area contributed by atoms with E-state index in [1.807, 2.05) is 0 Å². The van der Waals surface area contributed by atoms with Gasteiger partial charge in [0.25, 0.3) is 5.69 Å². The van der Waals surface area contributed by atoms with E-state index in [1.54, 1.807) is 18.2 Å². The Kier molecular flexibility index (Phi) is 6.78. The third-order valence-corrected chi connectivity index (χ3v) is 5.44. The minimum atomic E-state index is -4.07. The van der Waals surface area contributed by atoms with Crippen molar-refractivity contribution >= 4 is 33.4 Å². The van der Waals surface area contributed by atoms with E-state index in [-0.39, 0.29) is 16.8 Å². The highest BCUT2D eigenvalue weighted by Gasteiger charge is 2.23. The second kappa shape index (κ2) is 9.05. The van der Waals surface area contributed by atoms with Gasteiger partial charge in [0, 0.05) is 12.1 Å². The average molecular weight is 403 g/mol. The normalized spacial score (nSPS) is 11.7. The number of nitro benzene ring substituents is 1. The second-order valence-electron chi connectivity index (χ2n) is 5.74. The summed E-state index contributed by atoms with van der Waals surface area (Å²) >= 11 is 0. The van der Waals surface area contributed by atoms with Crippen molar-refractivity contribution in [3.63, 3.8) is 0 Å². The Hall–Kier alpha value is -3.33. The first-order valence-electron chi connectivity index (χ1n) is 8.13. The van der Waals surface area contributed by atoms with Gasteiger partial charge in [0.15, 0.2) is 15.6 Å². The van der Waals surface area contributed by atoms with Crippen molar-refractivity contribution in [2.45, 2.75) is 6.92 Å². The van der Waals surface area contributed by atoms with Gasteiger partial charge in [0.1, 0.15) is 11.5 Å². The molecule has 0 amide bonds. The van der Waals surface area contributed by atoms with Crippen LogP contribution in [0.2, 0.25) is 0 Å². The summed E-state index contributed by atoms with van der Waals surface area (Å²) in [6.07, 6.45) is 1.07. The summed E-state index contributed by atoms with van der Waals surface area (Å²) in [6.45, 7) is 0.645. The van der Waals surface area contributed by atoms with Crippen molar-refractivity contribution in [1.29, 1.82) is 0 Å². The molecule has 0 saturated carbocycles. The van der Waals surface area contributed by atoms with Crippen LogP contribution in [-0.4, -0.2) is 37.5 Å². The summed E-state index contributed by atoms with van der Waals surface area (Å²) in [5.41, 5.74) is 0.244. The fourth-order valence-electron chi connectivity index (χ4n) is 2.30. The number of carbonyl (C=O) groups excluding carboxylic acids is 2. The first-order valence-corrected chi connectivity index (χ1v) is 9.78. The molecule has 0 aliphatic rings. The topological polar surface area (TPSA) is 121 Å². The summed E-state index contributed by atoms with van der Waals surface area (Å²) in [6, 6.07) is 13.3. The molecule has 0 atom stereocenters. The number of hydrogen-bond acceptors (Lipinski definition) is 7. The van der Waals surface area contributed by atoms with E-state index < -0.39 is 43.8 Å². The van der Waals surface area contributed by atoms with Crippen LogP contribution in [-0.2, 0) is 19.4 Å². The lowest BCUT2D eigenvalue weighted by Gasteiger charge is -2.08. The lowest BCUT2D eigenvalue weighted by molar-refractivity contribution is -0.384. The maximum atomic E-state index is 12.5. The van der Waals surface area contributed by atoms with E-state index in [0.29, 0.717) is 0 Å². The molecule has 0 aromatic heterocycles. The van der Waals surface area contributed by atoms with E-state index >= 15 is 0 Å². The zero-order valence-electron chi connectivity index (χ0n) is 14.9. The first-order chi connectivity index (χ1) is 13.2. The zero-order valence-corrected chi connectivity index (χ0v) is 15.7. The predicted molar refractivity (Wildman–Crippen MR) is 102 cm³/mol. The number of esters is 1.